The van der Waals surface area contributed by atoms with E-state index in [4.69, 9.17) is 11.5 Å². The van der Waals surface area contributed by atoms with Crippen molar-refractivity contribution in [2.75, 3.05) is 24.5 Å². The highest BCUT2D eigenvalue weighted by atomic mass is 16.2. The first-order valence-electron chi connectivity index (χ1n) is 6.50. The number of nitrogens with two attached hydrogens (primary N) is 2. The standard InChI is InChI=1S/C13H21N5O2/c1-2-5-16-7-10-4-3-6-17-13(10)18(8-11(14)19)9-12(15)20/h3-4,6,16H,2,5,7-9H2,1H3,(H2,14,19)(H2,15,20). The third kappa shape index (κ3) is 5.23. The number of rotatable bonds is 9. The molecule has 0 aliphatic rings. The fraction of sp³-hybridized carbons (Fsp3) is 0.462. The van der Waals surface area contributed by atoms with Crippen molar-refractivity contribution in [3.63, 3.8) is 0 Å². The minimum atomic E-state index is -0.538. The van der Waals surface area contributed by atoms with Crippen molar-refractivity contribution in [1.29, 1.82) is 0 Å². The van der Waals surface area contributed by atoms with Gasteiger partial charge in [0.25, 0.3) is 0 Å². The van der Waals surface area contributed by atoms with Crippen LogP contribution < -0.4 is 21.7 Å². The number of carbonyl (C=O) groups excluding carboxylic acids is 2. The summed E-state index contributed by atoms with van der Waals surface area (Å²) in [7, 11) is 0. The number of nitrogens with zero attached hydrogens (tertiary/aromatic N) is 2. The lowest BCUT2D eigenvalue weighted by molar-refractivity contribution is -0.117. The molecule has 0 atom stereocenters. The Morgan fingerprint density at radius 2 is 1.95 bits per heavy atom. The van der Waals surface area contributed by atoms with E-state index in [-0.39, 0.29) is 13.1 Å². The molecule has 5 N–H and O–H groups in total. The SMILES string of the molecule is CCCNCc1cccnc1N(CC(N)=O)CC(N)=O. The van der Waals surface area contributed by atoms with Gasteiger partial charge < -0.3 is 21.7 Å². The molecule has 0 spiro atoms. The summed E-state index contributed by atoms with van der Waals surface area (Å²) in [6.07, 6.45) is 2.62. The minimum Gasteiger partial charge on any atom is -0.368 e. The van der Waals surface area contributed by atoms with Crippen LogP contribution in [0.25, 0.3) is 0 Å². The second kappa shape index (κ2) is 8.11. The van der Waals surface area contributed by atoms with Crippen molar-refractivity contribution in [3.05, 3.63) is 23.9 Å². The Kier molecular flexibility index (Phi) is 6.45. The molecule has 0 aromatic carbocycles. The molecule has 7 heteroatoms. The summed E-state index contributed by atoms with van der Waals surface area (Å²) in [6, 6.07) is 3.69. The quantitative estimate of drug-likeness (QED) is 0.520. The third-order valence-electron chi connectivity index (χ3n) is 2.60. The summed E-state index contributed by atoms with van der Waals surface area (Å²) >= 11 is 0. The van der Waals surface area contributed by atoms with Crippen LogP contribution in [0.3, 0.4) is 0 Å². The number of hydrogen-bond donors (Lipinski definition) is 3. The topological polar surface area (TPSA) is 114 Å². The van der Waals surface area contributed by atoms with E-state index in [9.17, 15) is 9.59 Å². The Labute approximate surface area is 118 Å². The molecule has 110 valence electrons. The summed E-state index contributed by atoms with van der Waals surface area (Å²) in [5.41, 5.74) is 11.3. The lowest BCUT2D eigenvalue weighted by Gasteiger charge is -2.23. The van der Waals surface area contributed by atoms with Crippen molar-refractivity contribution in [2.45, 2.75) is 19.9 Å². The molecule has 1 heterocycles. The Morgan fingerprint density at radius 1 is 1.30 bits per heavy atom. The maximum absolute atomic E-state index is 11.1. The second-order valence-corrected chi connectivity index (χ2v) is 4.45. The second-order valence-electron chi connectivity index (χ2n) is 4.45. The molecule has 2 amide bonds. The van der Waals surface area contributed by atoms with Crippen molar-refractivity contribution < 1.29 is 9.59 Å². The van der Waals surface area contributed by atoms with Gasteiger partial charge >= 0.3 is 0 Å². The molecule has 0 aliphatic heterocycles. The van der Waals surface area contributed by atoms with Gasteiger partial charge in [0.15, 0.2) is 0 Å². The summed E-state index contributed by atoms with van der Waals surface area (Å²) in [4.78, 5) is 28.0. The molecule has 0 aliphatic carbocycles. The summed E-state index contributed by atoms with van der Waals surface area (Å²) in [6.45, 7) is 3.36. The molecular formula is C13H21N5O2. The smallest absolute Gasteiger partial charge is 0.237 e. The number of hydrogen-bond acceptors (Lipinski definition) is 5. The largest absolute Gasteiger partial charge is 0.368 e. The van der Waals surface area contributed by atoms with Crippen LogP contribution in [0.5, 0.6) is 0 Å². The average Bonchev–Trinajstić information content (AvgIpc) is 2.38. The highest BCUT2D eigenvalue weighted by Crippen LogP contribution is 2.16. The zero-order valence-electron chi connectivity index (χ0n) is 11.6. The summed E-state index contributed by atoms with van der Waals surface area (Å²) < 4.78 is 0. The number of aromatic nitrogens is 1. The normalized spacial score (nSPS) is 10.2. The van der Waals surface area contributed by atoms with Crippen molar-refractivity contribution in [3.8, 4) is 0 Å². The molecule has 0 saturated carbocycles. The van der Waals surface area contributed by atoms with Gasteiger partial charge in [-0.1, -0.05) is 13.0 Å². The zero-order chi connectivity index (χ0) is 15.0. The number of carbonyl (C=O) groups is 2. The van der Waals surface area contributed by atoms with E-state index in [1.54, 1.807) is 12.3 Å². The number of amides is 2. The Morgan fingerprint density at radius 3 is 2.50 bits per heavy atom. The zero-order valence-corrected chi connectivity index (χ0v) is 11.6. The van der Waals surface area contributed by atoms with E-state index < -0.39 is 11.8 Å². The van der Waals surface area contributed by atoms with Gasteiger partial charge in [0, 0.05) is 18.3 Å². The maximum atomic E-state index is 11.1. The van der Waals surface area contributed by atoms with E-state index in [2.05, 4.69) is 17.2 Å². The maximum Gasteiger partial charge on any atom is 0.237 e. The first kappa shape index (κ1) is 15.9. The molecule has 0 unspecified atom stereocenters. The van der Waals surface area contributed by atoms with Crippen molar-refractivity contribution in [1.82, 2.24) is 10.3 Å². The fourth-order valence-corrected chi connectivity index (χ4v) is 1.83. The van der Waals surface area contributed by atoms with Crippen LogP contribution >= 0.6 is 0 Å². The summed E-state index contributed by atoms with van der Waals surface area (Å²) in [5, 5.41) is 3.25. The van der Waals surface area contributed by atoms with Gasteiger partial charge in [-0.2, -0.15) is 0 Å². The monoisotopic (exact) mass is 279 g/mol. The van der Waals surface area contributed by atoms with E-state index in [1.165, 1.54) is 4.90 Å². The van der Waals surface area contributed by atoms with Gasteiger partial charge in [-0.05, 0) is 19.0 Å². The molecule has 20 heavy (non-hydrogen) atoms. The fourth-order valence-electron chi connectivity index (χ4n) is 1.83. The molecule has 1 aromatic heterocycles. The highest BCUT2D eigenvalue weighted by Gasteiger charge is 2.16. The molecule has 0 fully saturated rings. The van der Waals surface area contributed by atoms with Crippen LogP contribution in [0, 0.1) is 0 Å². The van der Waals surface area contributed by atoms with E-state index >= 15 is 0 Å². The lowest BCUT2D eigenvalue weighted by atomic mass is 10.2. The Hall–Kier alpha value is -2.15. The molecule has 1 aromatic rings. The average molecular weight is 279 g/mol. The van der Waals surface area contributed by atoms with Crippen LogP contribution in [-0.2, 0) is 16.1 Å². The number of pyridine rings is 1. The van der Waals surface area contributed by atoms with Gasteiger partial charge in [0.05, 0.1) is 13.1 Å². The van der Waals surface area contributed by atoms with Gasteiger partial charge in [0.1, 0.15) is 5.82 Å². The van der Waals surface area contributed by atoms with Crippen LogP contribution in [-0.4, -0.2) is 36.4 Å². The third-order valence-corrected chi connectivity index (χ3v) is 2.60. The van der Waals surface area contributed by atoms with Gasteiger partial charge in [-0.15, -0.1) is 0 Å². The van der Waals surface area contributed by atoms with Crippen molar-refractivity contribution >= 4 is 17.6 Å². The summed E-state index contributed by atoms with van der Waals surface area (Å²) in [5.74, 6) is -0.526. The van der Waals surface area contributed by atoms with Gasteiger partial charge in [0.2, 0.25) is 11.8 Å². The number of primary amides is 2. The predicted octanol–water partition coefficient (Wildman–Crippen LogP) is -0.642. The van der Waals surface area contributed by atoms with E-state index in [0.29, 0.717) is 12.4 Å². The first-order chi connectivity index (χ1) is 9.54. The van der Waals surface area contributed by atoms with Crippen LogP contribution in [0.2, 0.25) is 0 Å². The van der Waals surface area contributed by atoms with E-state index in [0.717, 1.165) is 18.5 Å². The molecule has 0 bridgehead atoms. The predicted molar refractivity (Wildman–Crippen MR) is 76.8 cm³/mol. The van der Waals surface area contributed by atoms with Gasteiger partial charge in [-0.25, -0.2) is 4.98 Å². The number of anilines is 1. The Bertz CT molecular complexity index is 448. The van der Waals surface area contributed by atoms with Crippen LogP contribution in [0.15, 0.2) is 18.3 Å². The molecule has 0 radical (unpaired) electrons. The van der Waals surface area contributed by atoms with Gasteiger partial charge in [-0.3, -0.25) is 9.59 Å². The van der Waals surface area contributed by atoms with Crippen molar-refractivity contribution in [2.24, 2.45) is 11.5 Å². The highest BCUT2D eigenvalue weighted by molar-refractivity contribution is 5.84. The lowest BCUT2D eigenvalue weighted by Crippen LogP contribution is -2.40. The molecule has 7 nitrogen and oxygen atoms in total. The molecule has 0 saturated heterocycles. The first-order valence-corrected chi connectivity index (χ1v) is 6.50. The van der Waals surface area contributed by atoms with Crippen LogP contribution in [0.1, 0.15) is 18.9 Å². The molecule has 1 rings (SSSR count). The van der Waals surface area contributed by atoms with E-state index in [1.807, 2.05) is 6.07 Å². The van der Waals surface area contributed by atoms with Crippen LogP contribution in [0.4, 0.5) is 5.82 Å². The molecular weight excluding hydrogens is 258 g/mol. The number of nitrogens with one attached hydrogen (secondary N) is 1. The Balaban J connectivity index is 2.92. The minimum absolute atomic E-state index is 0.0965.